The van der Waals surface area contributed by atoms with Crippen molar-refractivity contribution in [3.63, 3.8) is 0 Å². The lowest BCUT2D eigenvalue weighted by atomic mass is 10.00. The zero-order valence-electron chi connectivity index (χ0n) is 11.5. The van der Waals surface area contributed by atoms with E-state index in [-0.39, 0.29) is 25.2 Å². The summed E-state index contributed by atoms with van der Waals surface area (Å²) in [6.45, 7) is 1.55. The SMILES string of the molecule is COCC(CNS(=O)(=O)N1CCC(CO)CC1)OC. The summed E-state index contributed by atoms with van der Waals surface area (Å²) in [5.74, 6) is 0.215. The van der Waals surface area contributed by atoms with Crippen molar-refractivity contribution in [2.75, 3.05) is 47.1 Å². The summed E-state index contributed by atoms with van der Waals surface area (Å²) in [5, 5.41) is 9.03. The van der Waals surface area contributed by atoms with E-state index in [0.717, 1.165) is 0 Å². The molecule has 1 aliphatic rings. The average Bonchev–Trinajstić information content (AvgIpc) is 2.43. The number of nitrogens with one attached hydrogen (secondary N) is 1. The Balaban J connectivity index is 2.43. The fourth-order valence-corrected chi connectivity index (χ4v) is 3.29. The second-order valence-corrected chi connectivity index (χ2v) is 6.45. The maximum atomic E-state index is 12.1. The van der Waals surface area contributed by atoms with Gasteiger partial charge in [0, 0.05) is 40.5 Å². The van der Waals surface area contributed by atoms with E-state index >= 15 is 0 Å². The number of rotatable bonds is 8. The van der Waals surface area contributed by atoms with Gasteiger partial charge in [0.2, 0.25) is 0 Å². The number of hydrogen-bond donors (Lipinski definition) is 2. The molecule has 19 heavy (non-hydrogen) atoms. The van der Waals surface area contributed by atoms with Crippen LogP contribution in [0.15, 0.2) is 0 Å². The minimum atomic E-state index is -3.47. The molecule has 1 rings (SSSR count). The molecule has 0 saturated carbocycles. The molecule has 1 heterocycles. The molecule has 7 nitrogen and oxygen atoms in total. The quantitative estimate of drug-likeness (QED) is 0.611. The number of hydrogen-bond acceptors (Lipinski definition) is 5. The molecule has 0 spiro atoms. The summed E-state index contributed by atoms with van der Waals surface area (Å²) in [4.78, 5) is 0. The molecule has 0 aliphatic carbocycles. The molecule has 1 unspecified atom stereocenters. The zero-order valence-corrected chi connectivity index (χ0v) is 12.4. The molecule has 1 saturated heterocycles. The van der Waals surface area contributed by atoms with Crippen molar-refractivity contribution in [3.05, 3.63) is 0 Å². The number of aliphatic hydroxyl groups is 1. The number of methoxy groups -OCH3 is 2. The first kappa shape index (κ1) is 16.8. The topological polar surface area (TPSA) is 88.1 Å². The second-order valence-electron chi connectivity index (χ2n) is 4.69. The Hall–Kier alpha value is -0.250. The molecule has 0 aromatic carbocycles. The molecule has 0 bridgehead atoms. The third-order valence-electron chi connectivity index (χ3n) is 3.35. The highest BCUT2D eigenvalue weighted by Gasteiger charge is 2.27. The number of nitrogens with zero attached hydrogens (tertiary/aromatic N) is 1. The van der Waals surface area contributed by atoms with Gasteiger partial charge in [-0.05, 0) is 18.8 Å². The summed E-state index contributed by atoms with van der Waals surface area (Å²) in [7, 11) is -0.412. The van der Waals surface area contributed by atoms with Crippen LogP contribution >= 0.6 is 0 Å². The predicted octanol–water partition coefficient (Wildman–Crippen LogP) is -0.813. The van der Waals surface area contributed by atoms with Gasteiger partial charge in [-0.1, -0.05) is 0 Å². The Labute approximate surface area is 115 Å². The van der Waals surface area contributed by atoms with Crippen molar-refractivity contribution in [2.24, 2.45) is 5.92 Å². The minimum absolute atomic E-state index is 0.126. The highest BCUT2D eigenvalue weighted by molar-refractivity contribution is 7.87. The first-order valence-electron chi connectivity index (χ1n) is 6.40. The average molecular weight is 296 g/mol. The van der Waals surface area contributed by atoms with Crippen LogP contribution in [0.5, 0.6) is 0 Å². The molecule has 0 aromatic rings. The van der Waals surface area contributed by atoms with Gasteiger partial charge in [0.1, 0.15) is 0 Å². The van der Waals surface area contributed by atoms with Crippen molar-refractivity contribution in [1.29, 1.82) is 0 Å². The maximum Gasteiger partial charge on any atom is 0.279 e. The fraction of sp³-hybridized carbons (Fsp3) is 1.00. The van der Waals surface area contributed by atoms with Gasteiger partial charge in [0.05, 0.1) is 12.7 Å². The molecule has 114 valence electrons. The van der Waals surface area contributed by atoms with E-state index in [1.165, 1.54) is 11.4 Å². The summed E-state index contributed by atoms with van der Waals surface area (Å²) in [5.41, 5.74) is 0. The second kappa shape index (κ2) is 8.13. The normalized spacial score (nSPS) is 20.6. The first-order chi connectivity index (χ1) is 9.03. The molecule has 1 aliphatic heterocycles. The van der Waals surface area contributed by atoms with Gasteiger partial charge in [0.25, 0.3) is 10.2 Å². The molecule has 0 amide bonds. The smallest absolute Gasteiger partial charge is 0.279 e. The minimum Gasteiger partial charge on any atom is -0.396 e. The Morgan fingerprint density at radius 1 is 1.37 bits per heavy atom. The van der Waals surface area contributed by atoms with Crippen LogP contribution in [0.4, 0.5) is 0 Å². The van der Waals surface area contributed by atoms with Gasteiger partial charge in [-0.25, -0.2) is 0 Å². The molecule has 0 aromatic heterocycles. The van der Waals surface area contributed by atoms with Gasteiger partial charge >= 0.3 is 0 Å². The molecular weight excluding hydrogens is 272 g/mol. The first-order valence-corrected chi connectivity index (χ1v) is 7.84. The van der Waals surface area contributed by atoms with Gasteiger partial charge in [-0.15, -0.1) is 0 Å². The Morgan fingerprint density at radius 3 is 2.47 bits per heavy atom. The largest absolute Gasteiger partial charge is 0.396 e. The third kappa shape index (κ3) is 5.33. The van der Waals surface area contributed by atoms with E-state index in [9.17, 15) is 8.42 Å². The van der Waals surface area contributed by atoms with Crippen molar-refractivity contribution < 1.29 is 23.0 Å². The zero-order chi connectivity index (χ0) is 14.3. The predicted molar refractivity (Wildman–Crippen MR) is 71.0 cm³/mol. The Bertz CT molecular complexity index is 341. The number of piperidine rings is 1. The van der Waals surface area contributed by atoms with Gasteiger partial charge < -0.3 is 14.6 Å². The van der Waals surface area contributed by atoms with Crippen LogP contribution in [0.1, 0.15) is 12.8 Å². The molecule has 8 heteroatoms. The van der Waals surface area contributed by atoms with Crippen LogP contribution in [0, 0.1) is 5.92 Å². The maximum absolute atomic E-state index is 12.1. The van der Waals surface area contributed by atoms with E-state index in [1.54, 1.807) is 7.11 Å². The van der Waals surface area contributed by atoms with Crippen LogP contribution in [0.2, 0.25) is 0 Å². The van der Waals surface area contributed by atoms with E-state index in [0.29, 0.717) is 32.5 Å². The Kier molecular flexibility index (Phi) is 7.19. The van der Waals surface area contributed by atoms with Crippen LogP contribution in [-0.2, 0) is 19.7 Å². The number of aliphatic hydroxyl groups excluding tert-OH is 1. The lowest BCUT2D eigenvalue weighted by Gasteiger charge is -2.30. The van der Waals surface area contributed by atoms with Crippen molar-refractivity contribution in [3.8, 4) is 0 Å². The summed E-state index contributed by atoms with van der Waals surface area (Å²) < 4.78 is 38.1. The van der Waals surface area contributed by atoms with Crippen molar-refractivity contribution in [1.82, 2.24) is 9.03 Å². The highest BCUT2D eigenvalue weighted by Crippen LogP contribution is 2.18. The molecular formula is C11H24N2O5S. The Morgan fingerprint density at radius 2 is 2.00 bits per heavy atom. The van der Waals surface area contributed by atoms with E-state index < -0.39 is 10.2 Å². The van der Waals surface area contributed by atoms with Crippen LogP contribution in [0.3, 0.4) is 0 Å². The van der Waals surface area contributed by atoms with Crippen LogP contribution < -0.4 is 4.72 Å². The van der Waals surface area contributed by atoms with E-state index in [1.807, 2.05) is 0 Å². The molecule has 2 N–H and O–H groups in total. The van der Waals surface area contributed by atoms with Gasteiger partial charge in [-0.3, -0.25) is 0 Å². The van der Waals surface area contributed by atoms with Gasteiger partial charge in [0.15, 0.2) is 0 Å². The van der Waals surface area contributed by atoms with Crippen LogP contribution in [-0.4, -0.2) is 71.0 Å². The van der Waals surface area contributed by atoms with E-state index in [4.69, 9.17) is 14.6 Å². The van der Waals surface area contributed by atoms with Gasteiger partial charge in [-0.2, -0.15) is 17.4 Å². The van der Waals surface area contributed by atoms with Crippen molar-refractivity contribution >= 4 is 10.2 Å². The summed E-state index contributed by atoms with van der Waals surface area (Å²) >= 11 is 0. The highest BCUT2D eigenvalue weighted by atomic mass is 32.2. The summed E-state index contributed by atoms with van der Waals surface area (Å²) in [6, 6.07) is 0. The van der Waals surface area contributed by atoms with E-state index in [2.05, 4.69) is 4.72 Å². The third-order valence-corrected chi connectivity index (χ3v) is 4.93. The van der Waals surface area contributed by atoms with Crippen LogP contribution in [0.25, 0.3) is 0 Å². The summed E-state index contributed by atoms with van der Waals surface area (Å²) in [6.07, 6.45) is 1.10. The molecule has 1 fully saturated rings. The monoisotopic (exact) mass is 296 g/mol. The number of ether oxygens (including phenoxy) is 2. The van der Waals surface area contributed by atoms with Crippen molar-refractivity contribution in [2.45, 2.75) is 18.9 Å². The standard InChI is InChI=1S/C11H24N2O5S/c1-17-9-11(18-2)7-12-19(15,16)13-5-3-10(8-14)4-6-13/h10-12,14H,3-9H2,1-2H3. The lowest BCUT2D eigenvalue weighted by Crippen LogP contribution is -2.47. The molecule has 0 radical (unpaired) electrons. The lowest BCUT2D eigenvalue weighted by molar-refractivity contribution is 0.0317. The fourth-order valence-electron chi connectivity index (χ4n) is 2.02. The molecule has 1 atom stereocenters.